The maximum Gasteiger partial charge on any atom is 0.170 e. The Morgan fingerprint density at radius 1 is 1.11 bits per heavy atom. The van der Waals surface area contributed by atoms with Crippen molar-refractivity contribution >= 4 is 28.7 Å². The van der Waals surface area contributed by atoms with Crippen LogP contribution in [-0.2, 0) is 0 Å². The van der Waals surface area contributed by atoms with Gasteiger partial charge in [-0.2, -0.15) is 0 Å². The quantitative estimate of drug-likeness (QED) is 0.709. The van der Waals surface area contributed by atoms with Crippen molar-refractivity contribution in [3.8, 4) is 10.7 Å². The van der Waals surface area contributed by atoms with E-state index in [4.69, 9.17) is 9.64 Å². The molecule has 1 fully saturated rings. The van der Waals surface area contributed by atoms with Gasteiger partial charge in [-0.1, -0.05) is 6.04 Å². The zero-order valence-corrected chi connectivity index (χ0v) is 16.0. The average molecular weight is 395 g/mol. The Bertz CT molecular complexity index is 1200. The van der Waals surface area contributed by atoms with Crippen LogP contribution in [-0.4, -0.2) is 52.1 Å². The van der Waals surface area contributed by atoms with Crippen LogP contribution in [0.3, 0.4) is 0 Å². The predicted molar refractivity (Wildman–Crippen MR) is 112 cm³/mol. The first-order valence-electron chi connectivity index (χ1n) is 12.2. The highest BCUT2D eigenvalue weighted by atomic mass is 32.1. The van der Waals surface area contributed by atoms with Gasteiger partial charge in [-0.05, 0) is 38.0 Å². The molecule has 27 heavy (non-hydrogen) atoms. The van der Waals surface area contributed by atoms with Gasteiger partial charge in [0.2, 0.25) is 0 Å². The van der Waals surface area contributed by atoms with Crippen LogP contribution in [0.1, 0.15) is 22.1 Å². The molecule has 0 radical (unpaired) electrons. The molecule has 1 saturated heterocycles. The van der Waals surface area contributed by atoms with Crippen LogP contribution in [0.2, 0.25) is 1.41 Å². The second kappa shape index (κ2) is 8.02. The Balaban J connectivity index is 1.72. The molecule has 140 valence electrons. The maximum atomic E-state index is 8.53. The Morgan fingerprint density at radius 2 is 1.96 bits per heavy atom. The number of nitrogens with one attached hydrogen (secondary N) is 1. The lowest BCUT2D eigenvalue weighted by molar-refractivity contribution is 0.209. The summed E-state index contributed by atoms with van der Waals surface area (Å²) >= 11 is 1.21. The number of thiazole rings is 1. The fourth-order valence-corrected chi connectivity index (χ4v) is 3.43. The van der Waals surface area contributed by atoms with E-state index in [1.807, 2.05) is 4.90 Å². The molecule has 0 spiro atoms. The van der Waals surface area contributed by atoms with Gasteiger partial charge in [0.1, 0.15) is 22.3 Å². The summed E-state index contributed by atoms with van der Waals surface area (Å²) in [6.45, 7) is 6.98. The minimum atomic E-state index is -0.478. The first-order chi connectivity index (χ1) is 16.1. The van der Waals surface area contributed by atoms with Crippen LogP contribution in [0.5, 0.6) is 0 Å². The van der Waals surface area contributed by atoms with Crippen molar-refractivity contribution in [2.75, 3.05) is 36.4 Å². The molecular weight excluding hydrogens is 356 g/mol. The van der Waals surface area contributed by atoms with Crippen LogP contribution in [0.25, 0.3) is 10.7 Å². The Hall–Kier alpha value is -2.51. The van der Waals surface area contributed by atoms with Crippen molar-refractivity contribution in [2.24, 2.45) is 0 Å². The smallest absolute Gasteiger partial charge is 0.170 e. The van der Waals surface area contributed by atoms with Gasteiger partial charge in [0.15, 0.2) is 1.41 Å². The number of rotatable bonds is 5. The minimum absolute atomic E-state index is 0.0478. The summed E-state index contributed by atoms with van der Waals surface area (Å²) in [6, 6.07) is -1.39. The number of anilines is 3. The fourth-order valence-electron chi connectivity index (χ4n) is 2.84. The monoisotopic (exact) mass is 394 g/mol. The number of hydrogen-bond acceptors (Lipinski definition) is 7. The molecule has 4 rings (SSSR count). The van der Waals surface area contributed by atoms with Crippen molar-refractivity contribution in [1.82, 2.24) is 19.9 Å². The molecule has 6 nitrogen and oxygen atoms in total. The van der Waals surface area contributed by atoms with Crippen molar-refractivity contribution in [3.05, 3.63) is 48.0 Å². The van der Waals surface area contributed by atoms with Crippen molar-refractivity contribution in [3.63, 3.8) is 0 Å². The summed E-state index contributed by atoms with van der Waals surface area (Å²) in [6.07, 6.45) is 1.29. The third-order valence-corrected chi connectivity index (χ3v) is 5.12. The summed E-state index contributed by atoms with van der Waals surface area (Å²) < 4.78 is 58.5. The Labute approximate surface area is 173 Å². The summed E-state index contributed by atoms with van der Waals surface area (Å²) in [5, 5.41) is 2.65. The van der Waals surface area contributed by atoms with E-state index in [0.717, 1.165) is 13.1 Å². The second-order valence-electron chi connectivity index (χ2n) is 6.37. The number of piperazine rings is 1. The lowest BCUT2D eigenvalue weighted by atomic mass is 10.2. The van der Waals surface area contributed by atoms with Crippen molar-refractivity contribution in [2.45, 2.75) is 19.9 Å². The third kappa shape index (κ3) is 4.26. The Morgan fingerprint density at radius 3 is 2.70 bits per heavy atom. The van der Waals surface area contributed by atoms with Crippen LogP contribution in [0.15, 0.2) is 48.0 Å². The molecule has 0 atom stereocenters. The van der Waals surface area contributed by atoms with Gasteiger partial charge in [-0.3, -0.25) is 4.90 Å². The topological polar surface area (TPSA) is 57.2 Å². The summed E-state index contributed by atoms with van der Waals surface area (Å²) in [5.74, 6) is -0.646. The van der Waals surface area contributed by atoms with Gasteiger partial charge in [0.05, 0.1) is 20.1 Å². The van der Waals surface area contributed by atoms with Gasteiger partial charge < -0.3 is 10.2 Å². The molecule has 0 amide bonds. The number of hydrogen-bond donors (Lipinski definition) is 1. The average Bonchev–Trinajstić information content (AvgIpc) is 3.35. The van der Waals surface area contributed by atoms with E-state index in [0.29, 0.717) is 29.4 Å². The van der Waals surface area contributed by atoms with Gasteiger partial charge in [-0.15, -0.1) is 11.3 Å². The molecule has 7 heteroatoms. The molecule has 0 saturated carbocycles. The number of nitrogens with zero attached hydrogens (tertiary/aromatic N) is 5. The highest BCUT2D eigenvalue weighted by Crippen LogP contribution is 2.23. The predicted octanol–water partition coefficient (Wildman–Crippen LogP) is 3.87. The summed E-state index contributed by atoms with van der Waals surface area (Å²) in [4.78, 5) is 16.6. The minimum Gasteiger partial charge on any atom is -0.368 e. The van der Waals surface area contributed by atoms with E-state index >= 15 is 0 Å². The van der Waals surface area contributed by atoms with Crippen LogP contribution in [0.4, 0.5) is 17.3 Å². The second-order valence-corrected chi connectivity index (χ2v) is 7.27. The van der Waals surface area contributed by atoms with Gasteiger partial charge >= 0.3 is 0 Å². The van der Waals surface area contributed by atoms with E-state index < -0.39 is 12.1 Å². The lowest BCUT2D eigenvalue weighted by Crippen LogP contribution is -2.48. The molecule has 4 heterocycles. The van der Waals surface area contributed by atoms with E-state index in [2.05, 4.69) is 33.7 Å². The molecule has 1 N–H and O–H groups in total. The maximum absolute atomic E-state index is 8.53. The van der Waals surface area contributed by atoms with E-state index in [-0.39, 0.29) is 47.3 Å². The molecule has 3 aromatic rings. The normalized spacial score (nSPS) is 18.9. The third-order valence-electron chi connectivity index (χ3n) is 4.34. The first kappa shape index (κ1) is 11.4. The largest absolute Gasteiger partial charge is 0.368 e. The lowest BCUT2D eigenvalue weighted by Gasteiger charge is -2.38. The molecule has 0 bridgehead atoms. The SMILES string of the molecule is [3H]c1nc(N([3H])c2nc(-c3nccs3)c([3H])c([3H])c2[3H])c([3H])c([3H])c1N1CCN(C(C)C)CC1. The van der Waals surface area contributed by atoms with Crippen molar-refractivity contribution < 1.29 is 9.64 Å². The van der Waals surface area contributed by atoms with E-state index in [1.54, 1.807) is 5.38 Å². The standard InChI is InChI=1S/C20H24N6S/c1-15(2)25-9-11-26(12-10-25)16-6-7-18(22-14-16)24-19-5-3-4-17(23-19)20-21-8-13-27-20/h3-8,13-15H,9-12H2,1-2H3,(H,22,23,24)/i3T,4T,5T,6T,7T,14T/hT. The molecule has 1 aliphatic heterocycles. The van der Waals surface area contributed by atoms with Crippen molar-refractivity contribution in [1.29, 1.82) is 0 Å². The molecule has 0 unspecified atom stereocenters. The Kier molecular flexibility index (Phi) is 3.37. The molecular formula is C20H24N6S. The van der Waals surface area contributed by atoms with Gasteiger partial charge in [0, 0.05) is 43.8 Å². The van der Waals surface area contributed by atoms with E-state index in [9.17, 15) is 0 Å². The van der Waals surface area contributed by atoms with Gasteiger partial charge in [-0.25, -0.2) is 15.0 Å². The van der Waals surface area contributed by atoms with Crippen LogP contribution in [0, 0.1) is 0 Å². The number of aromatic nitrogens is 3. The van der Waals surface area contributed by atoms with Crippen LogP contribution < -0.4 is 10.2 Å². The molecule has 3 aromatic heterocycles. The van der Waals surface area contributed by atoms with Gasteiger partial charge in [0.25, 0.3) is 0 Å². The molecule has 1 aliphatic rings. The number of pyridine rings is 2. The zero-order valence-electron chi connectivity index (χ0n) is 22.2. The fraction of sp³-hybridized carbons (Fsp3) is 0.350. The van der Waals surface area contributed by atoms with Crippen LogP contribution >= 0.6 is 11.3 Å². The van der Waals surface area contributed by atoms with E-state index in [1.165, 1.54) is 17.5 Å². The zero-order chi connectivity index (χ0) is 24.7. The highest BCUT2D eigenvalue weighted by Gasteiger charge is 2.19. The summed E-state index contributed by atoms with van der Waals surface area (Å²) in [5.41, 5.74) is 0.294. The summed E-state index contributed by atoms with van der Waals surface area (Å²) in [7, 11) is 0. The molecule has 0 aliphatic carbocycles. The molecule has 0 aromatic carbocycles. The highest BCUT2D eigenvalue weighted by molar-refractivity contribution is 7.13. The first-order valence-corrected chi connectivity index (χ1v) is 9.63.